The Bertz CT molecular complexity index is 1130. The second-order valence-electron chi connectivity index (χ2n) is 8.48. The van der Waals surface area contributed by atoms with Crippen molar-refractivity contribution in [2.24, 2.45) is 40.6 Å². The van der Waals surface area contributed by atoms with E-state index in [0.29, 0.717) is 28.9 Å². The van der Waals surface area contributed by atoms with Gasteiger partial charge in [-0.05, 0) is 54.4 Å². The second-order valence-corrected chi connectivity index (χ2v) is 8.48. The van der Waals surface area contributed by atoms with E-state index in [0.717, 1.165) is 11.4 Å². The summed E-state index contributed by atoms with van der Waals surface area (Å²) in [4.78, 5) is 37.0. The van der Waals surface area contributed by atoms with Crippen LogP contribution in [0.2, 0.25) is 0 Å². The number of allylic oxidation sites excluding steroid dienone is 2. The summed E-state index contributed by atoms with van der Waals surface area (Å²) in [5.41, 5.74) is 0.784. The number of aromatic carboxylic acids is 1. The fourth-order valence-corrected chi connectivity index (χ4v) is 5.55. The number of carboxylic acid groups (broad SMARTS) is 1. The predicted molar refractivity (Wildman–Crippen MR) is 105 cm³/mol. The smallest absolute Gasteiger partial charge is 0.335 e. The van der Waals surface area contributed by atoms with E-state index < -0.39 is 5.97 Å². The third-order valence-electron chi connectivity index (χ3n) is 6.96. The number of carbonyl (C=O) groups is 3. The SMILES string of the molecule is O=C(O)c1cccc(-c2ccc(/C=N\N3C(=O)[C@@H]4[C@H]5C=C[C@@H]([C@@H]6C[C@@H]56)[C@@H]4C3=O)o2)c1. The van der Waals surface area contributed by atoms with Gasteiger partial charge in [-0.25, -0.2) is 4.79 Å². The first kappa shape index (κ1) is 17.4. The average Bonchev–Trinajstić information content (AvgIpc) is 3.39. The number of furan rings is 1. The zero-order chi connectivity index (χ0) is 20.6. The lowest BCUT2D eigenvalue weighted by molar-refractivity contribution is -0.140. The van der Waals surface area contributed by atoms with Crippen LogP contribution < -0.4 is 0 Å². The zero-order valence-electron chi connectivity index (χ0n) is 15.8. The van der Waals surface area contributed by atoms with E-state index in [4.69, 9.17) is 9.52 Å². The van der Waals surface area contributed by atoms with Crippen LogP contribution in [0.25, 0.3) is 11.3 Å². The fraction of sp³-hybridized carbons (Fsp3) is 0.304. The third-order valence-corrected chi connectivity index (χ3v) is 6.96. The molecule has 7 heteroatoms. The third kappa shape index (κ3) is 2.38. The molecule has 1 N–H and O–H groups in total. The molecule has 3 fully saturated rings. The summed E-state index contributed by atoms with van der Waals surface area (Å²) < 4.78 is 5.73. The number of amides is 2. The number of carbonyl (C=O) groups excluding carboxylic acids is 2. The molecule has 4 aliphatic carbocycles. The Kier molecular flexibility index (Phi) is 3.48. The average molecular weight is 402 g/mol. The van der Waals surface area contributed by atoms with Gasteiger partial charge in [0.2, 0.25) is 0 Å². The molecule has 2 bridgehead atoms. The molecule has 1 aromatic heterocycles. The minimum atomic E-state index is -1.01. The quantitative estimate of drug-likeness (QED) is 0.481. The summed E-state index contributed by atoms with van der Waals surface area (Å²) in [6, 6.07) is 9.80. The molecule has 1 aromatic carbocycles. The first-order valence-electron chi connectivity index (χ1n) is 10.1. The molecule has 2 heterocycles. The van der Waals surface area contributed by atoms with Crippen molar-refractivity contribution in [1.82, 2.24) is 5.01 Å². The normalized spacial score (nSPS) is 33.3. The van der Waals surface area contributed by atoms with E-state index in [-0.39, 0.29) is 41.0 Å². The first-order valence-corrected chi connectivity index (χ1v) is 10.1. The van der Waals surface area contributed by atoms with Gasteiger partial charge in [0.15, 0.2) is 0 Å². The van der Waals surface area contributed by atoms with Crippen LogP contribution in [0.5, 0.6) is 0 Å². The molecule has 150 valence electrons. The van der Waals surface area contributed by atoms with E-state index in [9.17, 15) is 14.4 Å². The largest absolute Gasteiger partial charge is 0.478 e. The predicted octanol–water partition coefficient (Wildman–Crippen LogP) is 3.03. The van der Waals surface area contributed by atoms with Gasteiger partial charge in [-0.15, -0.1) is 0 Å². The maximum absolute atomic E-state index is 12.9. The molecule has 2 aromatic rings. The summed E-state index contributed by atoms with van der Waals surface area (Å²) in [6.45, 7) is 0. The Labute approximate surface area is 171 Å². The Balaban J connectivity index is 1.24. The van der Waals surface area contributed by atoms with Crippen molar-refractivity contribution in [2.45, 2.75) is 6.42 Å². The van der Waals surface area contributed by atoms with E-state index in [1.165, 1.54) is 18.3 Å². The Hall–Kier alpha value is -3.48. The molecule has 1 aliphatic heterocycles. The van der Waals surface area contributed by atoms with Crippen molar-refractivity contribution in [1.29, 1.82) is 0 Å². The number of imide groups is 1. The molecule has 2 saturated carbocycles. The molecule has 0 radical (unpaired) electrons. The van der Waals surface area contributed by atoms with Gasteiger partial charge in [0.1, 0.15) is 11.5 Å². The molecular weight excluding hydrogens is 384 g/mol. The van der Waals surface area contributed by atoms with Gasteiger partial charge in [-0.2, -0.15) is 10.1 Å². The lowest BCUT2D eigenvalue weighted by Crippen LogP contribution is -2.40. The molecule has 1 saturated heterocycles. The summed E-state index contributed by atoms with van der Waals surface area (Å²) in [7, 11) is 0. The highest BCUT2D eigenvalue weighted by Gasteiger charge is 2.67. The summed E-state index contributed by atoms with van der Waals surface area (Å²) >= 11 is 0. The lowest BCUT2D eigenvalue weighted by atomic mass is 9.63. The van der Waals surface area contributed by atoms with Crippen LogP contribution in [-0.4, -0.2) is 34.1 Å². The number of carboxylic acids is 1. The van der Waals surface area contributed by atoms with Crippen molar-refractivity contribution in [3.63, 3.8) is 0 Å². The van der Waals surface area contributed by atoms with Gasteiger partial charge >= 0.3 is 5.97 Å². The maximum atomic E-state index is 12.9. The number of hydrogen-bond donors (Lipinski definition) is 1. The van der Waals surface area contributed by atoms with Crippen molar-refractivity contribution in [3.8, 4) is 11.3 Å². The number of nitrogens with zero attached hydrogens (tertiary/aromatic N) is 2. The van der Waals surface area contributed by atoms with Crippen LogP contribution in [0, 0.1) is 35.5 Å². The topological polar surface area (TPSA) is 100 Å². The van der Waals surface area contributed by atoms with Crippen LogP contribution in [0.15, 0.2) is 58.1 Å². The maximum Gasteiger partial charge on any atom is 0.335 e. The molecule has 7 rings (SSSR count). The highest BCUT2D eigenvalue weighted by atomic mass is 16.4. The minimum Gasteiger partial charge on any atom is -0.478 e. The summed E-state index contributed by atoms with van der Waals surface area (Å²) in [6.07, 6.45) is 6.75. The molecule has 5 aliphatic rings. The number of hydrazone groups is 1. The van der Waals surface area contributed by atoms with E-state index >= 15 is 0 Å². The van der Waals surface area contributed by atoms with E-state index in [2.05, 4.69) is 17.3 Å². The number of benzene rings is 1. The van der Waals surface area contributed by atoms with E-state index in [1.807, 2.05) is 0 Å². The Morgan fingerprint density at radius 3 is 2.43 bits per heavy atom. The Morgan fingerprint density at radius 2 is 1.77 bits per heavy atom. The van der Waals surface area contributed by atoms with Crippen molar-refractivity contribution < 1.29 is 23.9 Å². The molecule has 2 amide bonds. The van der Waals surface area contributed by atoms with Crippen molar-refractivity contribution >= 4 is 24.0 Å². The molecule has 0 spiro atoms. The number of hydrogen-bond acceptors (Lipinski definition) is 5. The van der Waals surface area contributed by atoms with E-state index in [1.54, 1.807) is 24.3 Å². The van der Waals surface area contributed by atoms with Gasteiger partial charge in [-0.1, -0.05) is 24.3 Å². The number of rotatable bonds is 4. The minimum absolute atomic E-state index is 0.163. The molecule has 6 atom stereocenters. The molecule has 7 nitrogen and oxygen atoms in total. The van der Waals surface area contributed by atoms with Gasteiger partial charge in [0.25, 0.3) is 11.8 Å². The van der Waals surface area contributed by atoms with Crippen LogP contribution in [-0.2, 0) is 9.59 Å². The fourth-order valence-electron chi connectivity index (χ4n) is 5.55. The standard InChI is InChI=1S/C23H18N2O5/c26-21-19-14-5-6-15(17-9-16(14)17)20(19)22(27)25(21)24-10-13-4-7-18(30-13)11-2-1-3-12(8-11)23(28)29/h1-8,10,14-17,19-20H,9H2,(H,28,29)/b24-10-/t14-,15-,16-,17-,19-,20+/m0/s1. The van der Waals surface area contributed by atoms with Crippen LogP contribution in [0.3, 0.4) is 0 Å². The summed E-state index contributed by atoms with van der Waals surface area (Å²) in [5.74, 6) is 0.292. The zero-order valence-corrected chi connectivity index (χ0v) is 15.8. The van der Waals surface area contributed by atoms with Gasteiger partial charge in [0.05, 0.1) is 23.6 Å². The van der Waals surface area contributed by atoms with Gasteiger partial charge in [-0.3, -0.25) is 9.59 Å². The van der Waals surface area contributed by atoms with Crippen molar-refractivity contribution in [2.75, 3.05) is 0 Å². The van der Waals surface area contributed by atoms with Crippen molar-refractivity contribution in [3.05, 3.63) is 59.9 Å². The highest BCUT2D eigenvalue weighted by molar-refractivity contribution is 6.06. The monoisotopic (exact) mass is 402 g/mol. The van der Waals surface area contributed by atoms with Crippen LogP contribution >= 0.6 is 0 Å². The van der Waals surface area contributed by atoms with Gasteiger partial charge in [0, 0.05) is 5.56 Å². The lowest BCUT2D eigenvalue weighted by Gasteiger charge is -2.37. The highest BCUT2D eigenvalue weighted by Crippen LogP contribution is 2.65. The molecule has 0 unspecified atom stereocenters. The molecular formula is C23H18N2O5. The van der Waals surface area contributed by atoms with Crippen LogP contribution in [0.4, 0.5) is 0 Å². The van der Waals surface area contributed by atoms with Gasteiger partial charge < -0.3 is 9.52 Å². The summed E-state index contributed by atoms with van der Waals surface area (Å²) in [5, 5.41) is 14.3. The van der Waals surface area contributed by atoms with Crippen LogP contribution in [0.1, 0.15) is 22.5 Å². The Morgan fingerprint density at radius 1 is 1.07 bits per heavy atom. The molecule has 30 heavy (non-hydrogen) atoms. The second kappa shape index (κ2) is 6.01. The first-order chi connectivity index (χ1) is 14.5.